The molecule has 0 N–H and O–H groups in total. The lowest BCUT2D eigenvalue weighted by molar-refractivity contribution is -0.131. The minimum absolute atomic E-state index is 0.146. The Morgan fingerprint density at radius 3 is 2.67 bits per heavy atom. The van der Waals surface area contributed by atoms with E-state index in [4.69, 9.17) is 11.6 Å². The summed E-state index contributed by atoms with van der Waals surface area (Å²) in [6.45, 7) is 5.87. The second-order valence-corrected chi connectivity index (χ2v) is 4.65. The number of benzene rings is 1. The van der Waals surface area contributed by atoms with Crippen molar-refractivity contribution < 1.29 is 4.79 Å². The highest BCUT2D eigenvalue weighted by molar-refractivity contribution is 6.31. The normalized spacial score (nSPS) is 10.8. The zero-order valence-electron chi connectivity index (χ0n) is 10.7. The van der Waals surface area contributed by atoms with Crippen LogP contribution in [0.5, 0.6) is 0 Å². The van der Waals surface area contributed by atoms with Gasteiger partial charge in [-0.1, -0.05) is 11.6 Å². The lowest BCUT2D eigenvalue weighted by atomic mass is 10.2. The quantitative estimate of drug-likeness (QED) is 0.833. The molecule has 0 saturated carbocycles. The molecule has 0 bridgehead atoms. The van der Waals surface area contributed by atoms with Crippen LogP contribution >= 0.6 is 11.6 Å². The Hall–Kier alpha value is -1.48. The molecule has 1 amide bonds. The Balaban J connectivity index is 2.24. The van der Waals surface area contributed by atoms with Gasteiger partial charge in [0.2, 0.25) is 5.91 Å². The first-order valence-electron chi connectivity index (χ1n) is 6.18. The van der Waals surface area contributed by atoms with E-state index >= 15 is 0 Å². The van der Waals surface area contributed by atoms with E-state index in [1.54, 1.807) is 0 Å². The Labute approximate surface area is 112 Å². The first kappa shape index (κ1) is 13.0. The monoisotopic (exact) mass is 264 g/mol. The van der Waals surface area contributed by atoms with Gasteiger partial charge < -0.3 is 9.47 Å². The molecule has 0 aliphatic carbocycles. The molecule has 18 heavy (non-hydrogen) atoms. The van der Waals surface area contributed by atoms with E-state index in [2.05, 4.69) is 0 Å². The molecule has 0 fully saturated rings. The Morgan fingerprint density at radius 1 is 1.28 bits per heavy atom. The second-order valence-electron chi connectivity index (χ2n) is 4.21. The van der Waals surface area contributed by atoms with Gasteiger partial charge in [0.1, 0.15) is 6.54 Å². The number of rotatable bonds is 4. The topological polar surface area (TPSA) is 25.2 Å². The fraction of sp³-hybridized carbons (Fsp3) is 0.357. The van der Waals surface area contributed by atoms with Crippen molar-refractivity contribution in [3.05, 3.63) is 35.5 Å². The van der Waals surface area contributed by atoms with Gasteiger partial charge in [-0.2, -0.15) is 0 Å². The van der Waals surface area contributed by atoms with Crippen molar-refractivity contribution in [1.82, 2.24) is 9.47 Å². The van der Waals surface area contributed by atoms with Crippen molar-refractivity contribution in [2.24, 2.45) is 0 Å². The largest absolute Gasteiger partial charge is 0.342 e. The molecular formula is C14H17ClN2O. The minimum Gasteiger partial charge on any atom is -0.342 e. The SMILES string of the molecule is CCN(CC)C(=O)Cn1ccc2cc(Cl)ccc21. The molecule has 0 atom stereocenters. The Kier molecular flexibility index (Phi) is 3.92. The van der Waals surface area contributed by atoms with Crippen LogP contribution in [0.1, 0.15) is 13.8 Å². The van der Waals surface area contributed by atoms with E-state index < -0.39 is 0 Å². The molecule has 4 heteroatoms. The van der Waals surface area contributed by atoms with Gasteiger partial charge in [0, 0.05) is 35.2 Å². The molecule has 0 saturated heterocycles. The number of hydrogen-bond acceptors (Lipinski definition) is 1. The Morgan fingerprint density at radius 2 is 2.00 bits per heavy atom. The maximum atomic E-state index is 12.1. The average Bonchev–Trinajstić information content (AvgIpc) is 2.73. The number of aromatic nitrogens is 1. The van der Waals surface area contributed by atoms with E-state index in [1.165, 1.54) is 0 Å². The van der Waals surface area contributed by atoms with Gasteiger partial charge in [0.15, 0.2) is 0 Å². The lowest BCUT2D eigenvalue weighted by Gasteiger charge is -2.19. The van der Waals surface area contributed by atoms with Crippen molar-refractivity contribution in [1.29, 1.82) is 0 Å². The van der Waals surface area contributed by atoms with E-state index in [0.717, 1.165) is 29.0 Å². The van der Waals surface area contributed by atoms with Gasteiger partial charge in [-0.3, -0.25) is 4.79 Å². The summed E-state index contributed by atoms with van der Waals surface area (Å²) in [6, 6.07) is 7.70. The average molecular weight is 265 g/mol. The van der Waals surface area contributed by atoms with E-state index in [9.17, 15) is 4.79 Å². The number of hydrogen-bond donors (Lipinski definition) is 0. The zero-order chi connectivity index (χ0) is 13.1. The third-order valence-electron chi connectivity index (χ3n) is 3.15. The summed E-state index contributed by atoms with van der Waals surface area (Å²) in [5.41, 5.74) is 1.04. The van der Waals surface area contributed by atoms with Crippen LogP contribution in [-0.2, 0) is 11.3 Å². The molecule has 0 aliphatic rings. The maximum absolute atomic E-state index is 12.1. The molecule has 0 unspecified atom stereocenters. The number of carbonyl (C=O) groups is 1. The molecular weight excluding hydrogens is 248 g/mol. The van der Waals surface area contributed by atoms with Gasteiger partial charge in [0.05, 0.1) is 0 Å². The first-order chi connectivity index (χ1) is 8.65. The molecule has 96 valence electrons. The highest BCUT2D eigenvalue weighted by Gasteiger charge is 2.11. The zero-order valence-corrected chi connectivity index (χ0v) is 11.4. The van der Waals surface area contributed by atoms with E-state index in [1.807, 2.05) is 53.8 Å². The predicted octanol–water partition coefficient (Wildman–Crippen LogP) is 3.16. The summed E-state index contributed by atoms with van der Waals surface area (Å²) >= 11 is 5.94. The summed E-state index contributed by atoms with van der Waals surface area (Å²) in [5, 5.41) is 1.78. The lowest BCUT2D eigenvalue weighted by Crippen LogP contribution is -2.33. The number of nitrogens with zero attached hydrogens (tertiary/aromatic N) is 2. The van der Waals surface area contributed by atoms with Crippen LogP contribution in [0.3, 0.4) is 0 Å². The van der Waals surface area contributed by atoms with Crippen LogP contribution in [0, 0.1) is 0 Å². The summed E-state index contributed by atoms with van der Waals surface area (Å²) in [7, 11) is 0. The molecule has 3 nitrogen and oxygen atoms in total. The van der Waals surface area contributed by atoms with Crippen LogP contribution in [0.15, 0.2) is 30.5 Å². The molecule has 1 aromatic carbocycles. The van der Waals surface area contributed by atoms with Crippen molar-refractivity contribution in [3.63, 3.8) is 0 Å². The van der Waals surface area contributed by atoms with Crippen molar-refractivity contribution in [2.75, 3.05) is 13.1 Å². The van der Waals surface area contributed by atoms with E-state index in [-0.39, 0.29) is 5.91 Å². The molecule has 0 radical (unpaired) electrons. The smallest absolute Gasteiger partial charge is 0.242 e. The maximum Gasteiger partial charge on any atom is 0.242 e. The molecule has 2 aromatic rings. The molecule has 1 aromatic heterocycles. The highest BCUT2D eigenvalue weighted by atomic mass is 35.5. The van der Waals surface area contributed by atoms with E-state index in [0.29, 0.717) is 6.54 Å². The van der Waals surface area contributed by atoms with Crippen LogP contribution in [0.2, 0.25) is 5.02 Å². The molecule has 0 aliphatic heterocycles. The van der Waals surface area contributed by atoms with Gasteiger partial charge in [-0.05, 0) is 38.1 Å². The van der Waals surface area contributed by atoms with Crippen molar-refractivity contribution in [2.45, 2.75) is 20.4 Å². The summed E-state index contributed by atoms with van der Waals surface area (Å²) in [6.07, 6.45) is 1.93. The third kappa shape index (κ3) is 2.51. The third-order valence-corrected chi connectivity index (χ3v) is 3.39. The van der Waals surface area contributed by atoms with Crippen LogP contribution < -0.4 is 0 Å². The van der Waals surface area contributed by atoms with Gasteiger partial charge >= 0.3 is 0 Å². The van der Waals surface area contributed by atoms with Crippen LogP contribution in [0.25, 0.3) is 10.9 Å². The number of amides is 1. The summed E-state index contributed by atoms with van der Waals surface area (Å²) in [5.74, 6) is 0.146. The fourth-order valence-electron chi connectivity index (χ4n) is 2.13. The minimum atomic E-state index is 0.146. The Bertz CT molecular complexity index is 558. The number of carbonyl (C=O) groups excluding carboxylic acids is 1. The van der Waals surface area contributed by atoms with Gasteiger partial charge in [-0.25, -0.2) is 0 Å². The number of fused-ring (bicyclic) bond motifs is 1. The fourth-order valence-corrected chi connectivity index (χ4v) is 2.31. The molecule has 1 heterocycles. The standard InChI is InChI=1S/C14H17ClN2O/c1-3-16(4-2)14(18)10-17-8-7-11-9-12(15)5-6-13(11)17/h5-9H,3-4,10H2,1-2H3. The molecule has 2 rings (SSSR count). The van der Waals surface area contributed by atoms with Crippen LogP contribution in [0.4, 0.5) is 0 Å². The second kappa shape index (κ2) is 5.44. The molecule has 0 spiro atoms. The summed E-state index contributed by atoms with van der Waals surface area (Å²) in [4.78, 5) is 13.9. The van der Waals surface area contributed by atoms with Crippen molar-refractivity contribution in [3.8, 4) is 0 Å². The van der Waals surface area contributed by atoms with Crippen molar-refractivity contribution >= 4 is 28.4 Å². The van der Waals surface area contributed by atoms with Gasteiger partial charge in [0.25, 0.3) is 0 Å². The number of likely N-dealkylation sites (N-methyl/N-ethyl adjacent to an activating group) is 1. The highest BCUT2D eigenvalue weighted by Crippen LogP contribution is 2.20. The predicted molar refractivity (Wildman–Crippen MR) is 74.9 cm³/mol. The van der Waals surface area contributed by atoms with Crippen LogP contribution in [-0.4, -0.2) is 28.5 Å². The number of halogens is 1. The first-order valence-corrected chi connectivity index (χ1v) is 6.55. The summed E-state index contributed by atoms with van der Waals surface area (Å²) < 4.78 is 1.96. The van der Waals surface area contributed by atoms with Gasteiger partial charge in [-0.15, -0.1) is 0 Å².